The summed E-state index contributed by atoms with van der Waals surface area (Å²) < 4.78 is 28.4. The maximum Gasteiger partial charge on any atom is 0.322 e. The van der Waals surface area contributed by atoms with Gasteiger partial charge in [0.25, 0.3) is 5.91 Å². The van der Waals surface area contributed by atoms with E-state index >= 15 is 0 Å². The van der Waals surface area contributed by atoms with Crippen molar-refractivity contribution >= 4 is 21.8 Å². The van der Waals surface area contributed by atoms with Crippen LogP contribution in [0.25, 0.3) is 11.5 Å². The Hall–Kier alpha value is -3.00. The summed E-state index contributed by atoms with van der Waals surface area (Å²) in [7, 11) is -3.27. The number of amides is 1. The van der Waals surface area contributed by atoms with E-state index < -0.39 is 9.84 Å². The smallest absolute Gasteiger partial charge is 0.322 e. The minimum Gasteiger partial charge on any atom is -0.403 e. The van der Waals surface area contributed by atoms with Gasteiger partial charge in [-0.1, -0.05) is 22.3 Å². The zero-order valence-electron chi connectivity index (χ0n) is 14.5. The first kappa shape index (κ1) is 17.8. The molecule has 0 atom stereocenters. The first-order valence-electron chi connectivity index (χ1n) is 7.76. The number of rotatable bonds is 4. The quantitative estimate of drug-likeness (QED) is 0.756. The molecular weight excluding hydrogens is 354 g/mol. The summed E-state index contributed by atoms with van der Waals surface area (Å²) in [5, 5.41) is 10.2. The van der Waals surface area contributed by atoms with E-state index in [1.807, 2.05) is 19.9 Å². The molecule has 0 fully saturated rings. The van der Waals surface area contributed by atoms with E-state index in [2.05, 4.69) is 15.5 Å². The summed E-state index contributed by atoms with van der Waals surface area (Å²) in [5.74, 6) is -0.166. The maximum atomic E-state index is 12.3. The van der Waals surface area contributed by atoms with Gasteiger partial charge in [-0.15, -0.1) is 5.10 Å². The van der Waals surface area contributed by atoms with Crippen molar-refractivity contribution in [2.45, 2.75) is 18.7 Å². The van der Waals surface area contributed by atoms with E-state index in [4.69, 9.17) is 4.42 Å². The average molecular weight is 371 g/mol. The summed E-state index contributed by atoms with van der Waals surface area (Å²) in [4.78, 5) is 12.5. The Morgan fingerprint density at radius 3 is 2.19 bits per heavy atom. The highest BCUT2D eigenvalue weighted by Crippen LogP contribution is 2.22. The second-order valence-corrected chi connectivity index (χ2v) is 8.06. The fourth-order valence-corrected chi connectivity index (χ4v) is 3.14. The molecule has 3 aromatic rings. The molecule has 1 aromatic heterocycles. The summed E-state index contributed by atoms with van der Waals surface area (Å²) >= 11 is 0. The SMILES string of the molecule is Cc1cc(C)cc(C(=O)Nc2nnc(-c3ccc(S(C)(=O)=O)cc3)o2)c1. The van der Waals surface area contributed by atoms with Crippen molar-refractivity contribution in [3.05, 3.63) is 59.2 Å². The van der Waals surface area contributed by atoms with E-state index in [-0.39, 0.29) is 22.7 Å². The average Bonchev–Trinajstić information content (AvgIpc) is 3.01. The molecule has 3 rings (SSSR count). The Balaban J connectivity index is 1.78. The van der Waals surface area contributed by atoms with E-state index in [0.717, 1.165) is 17.4 Å². The minimum absolute atomic E-state index is 0.0312. The number of benzene rings is 2. The molecule has 26 heavy (non-hydrogen) atoms. The minimum atomic E-state index is -3.27. The van der Waals surface area contributed by atoms with Crippen LogP contribution in [0.1, 0.15) is 21.5 Å². The first-order chi connectivity index (χ1) is 12.2. The molecule has 0 saturated carbocycles. The molecule has 134 valence electrons. The normalized spacial score (nSPS) is 11.3. The van der Waals surface area contributed by atoms with Crippen molar-refractivity contribution in [2.24, 2.45) is 0 Å². The number of sulfone groups is 1. The van der Waals surface area contributed by atoms with Crippen molar-refractivity contribution in [3.8, 4) is 11.5 Å². The van der Waals surface area contributed by atoms with Gasteiger partial charge < -0.3 is 4.42 Å². The van der Waals surface area contributed by atoms with E-state index in [9.17, 15) is 13.2 Å². The van der Waals surface area contributed by atoms with Crippen LogP contribution in [0.2, 0.25) is 0 Å². The molecular formula is C18H17N3O4S. The summed E-state index contributed by atoms with van der Waals surface area (Å²) in [5.41, 5.74) is 3.01. The van der Waals surface area contributed by atoms with Crippen molar-refractivity contribution in [3.63, 3.8) is 0 Å². The largest absolute Gasteiger partial charge is 0.403 e. The number of nitrogens with one attached hydrogen (secondary N) is 1. The van der Waals surface area contributed by atoms with Crippen molar-refractivity contribution < 1.29 is 17.6 Å². The molecule has 0 radical (unpaired) electrons. The monoisotopic (exact) mass is 371 g/mol. The van der Waals surface area contributed by atoms with Crippen LogP contribution in [0.15, 0.2) is 51.8 Å². The van der Waals surface area contributed by atoms with Crippen molar-refractivity contribution in [1.82, 2.24) is 10.2 Å². The Kier molecular flexibility index (Phi) is 4.60. The number of hydrogen-bond acceptors (Lipinski definition) is 6. The van der Waals surface area contributed by atoms with Crippen LogP contribution in [-0.4, -0.2) is 30.8 Å². The predicted molar refractivity (Wildman–Crippen MR) is 96.7 cm³/mol. The first-order valence-corrected chi connectivity index (χ1v) is 9.65. The number of hydrogen-bond donors (Lipinski definition) is 1. The molecule has 0 aliphatic carbocycles. The molecule has 1 heterocycles. The fourth-order valence-electron chi connectivity index (χ4n) is 2.51. The Bertz CT molecular complexity index is 1050. The highest BCUT2D eigenvalue weighted by molar-refractivity contribution is 7.90. The molecule has 0 saturated heterocycles. The van der Waals surface area contributed by atoms with Crippen molar-refractivity contribution in [2.75, 3.05) is 11.6 Å². The lowest BCUT2D eigenvalue weighted by Gasteiger charge is -2.04. The third-order valence-corrected chi connectivity index (χ3v) is 4.79. The summed E-state index contributed by atoms with van der Waals surface area (Å²) in [6.45, 7) is 3.82. The summed E-state index contributed by atoms with van der Waals surface area (Å²) in [6, 6.07) is 11.5. The molecule has 0 aliphatic rings. The number of anilines is 1. The van der Waals surface area contributed by atoms with Crippen LogP contribution in [0, 0.1) is 13.8 Å². The number of nitrogens with zero attached hydrogens (tertiary/aromatic N) is 2. The lowest BCUT2D eigenvalue weighted by atomic mass is 10.1. The zero-order chi connectivity index (χ0) is 18.9. The van der Waals surface area contributed by atoms with Crippen LogP contribution >= 0.6 is 0 Å². The lowest BCUT2D eigenvalue weighted by molar-refractivity contribution is 0.102. The third kappa shape index (κ3) is 3.97. The van der Waals surface area contributed by atoms with E-state index in [1.54, 1.807) is 24.3 Å². The number of carbonyl (C=O) groups excluding carboxylic acids is 1. The zero-order valence-corrected chi connectivity index (χ0v) is 15.3. The second kappa shape index (κ2) is 6.72. The third-order valence-electron chi connectivity index (χ3n) is 3.66. The Morgan fingerprint density at radius 1 is 1.00 bits per heavy atom. The molecule has 7 nitrogen and oxygen atoms in total. The number of aromatic nitrogens is 2. The van der Waals surface area contributed by atoms with Gasteiger partial charge in [-0.3, -0.25) is 10.1 Å². The highest BCUT2D eigenvalue weighted by Gasteiger charge is 2.14. The predicted octanol–water partition coefficient (Wildman–Crippen LogP) is 3.01. The van der Waals surface area contributed by atoms with E-state index in [1.165, 1.54) is 12.1 Å². The van der Waals surface area contributed by atoms with Gasteiger partial charge in [-0.05, 0) is 50.2 Å². The second-order valence-electron chi connectivity index (χ2n) is 6.04. The standard InChI is InChI=1S/C18H17N3O4S/c1-11-8-12(2)10-14(9-11)16(22)19-18-21-20-17(25-18)13-4-6-15(7-5-13)26(3,23)24/h4-10H,1-3H3,(H,19,21,22). The van der Waals surface area contributed by atoms with Crippen LogP contribution in [0.4, 0.5) is 6.01 Å². The van der Waals surface area contributed by atoms with Gasteiger partial charge in [0.15, 0.2) is 9.84 Å². The molecule has 0 spiro atoms. The molecule has 0 bridgehead atoms. The molecule has 2 aromatic carbocycles. The summed E-state index contributed by atoms with van der Waals surface area (Å²) in [6.07, 6.45) is 1.13. The molecule has 1 amide bonds. The molecule has 0 aliphatic heterocycles. The molecule has 0 unspecified atom stereocenters. The van der Waals surface area contributed by atoms with Gasteiger partial charge in [0.1, 0.15) is 0 Å². The van der Waals surface area contributed by atoms with Gasteiger partial charge in [-0.2, -0.15) is 0 Å². The van der Waals surface area contributed by atoms with Gasteiger partial charge in [0, 0.05) is 17.4 Å². The van der Waals surface area contributed by atoms with E-state index in [0.29, 0.717) is 11.1 Å². The lowest BCUT2D eigenvalue weighted by Crippen LogP contribution is -2.12. The van der Waals surface area contributed by atoms with Gasteiger partial charge >= 0.3 is 6.01 Å². The fraction of sp³-hybridized carbons (Fsp3) is 0.167. The van der Waals surface area contributed by atoms with Gasteiger partial charge in [0.05, 0.1) is 4.90 Å². The molecule has 8 heteroatoms. The van der Waals surface area contributed by atoms with Crippen LogP contribution in [-0.2, 0) is 9.84 Å². The van der Waals surface area contributed by atoms with Gasteiger partial charge in [0.2, 0.25) is 5.89 Å². The Labute approximate surface area is 151 Å². The Morgan fingerprint density at radius 2 is 1.62 bits per heavy atom. The van der Waals surface area contributed by atoms with Gasteiger partial charge in [-0.25, -0.2) is 8.42 Å². The topological polar surface area (TPSA) is 102 Å². The highest BCUT2D eigenvalue weighted by atomic mass is 32.2. The van der Waals surface area contributed by atoms with Crippen LogP contribution in [0.5, 0.6) is 0 Å². The number of aryl methyl sites for hydroxylation is 2. The van der Waals surface area contributed by atoms with Crippen molar-refractivity contribution in [1.29, 1.82) is 0 Å². The number of carbonyl (C=O) groups is 1. The maximum absolute atomic E-state index is 12.3. The molecule has 1 N–H and O–H groups in total. The van der Waals surface area contributed by atoms with Crippen LogP contribution < -0.4 is 5.32 Å². The van der Waals surface area contributed by atoms with Crippen LogP contribution in [0.3, 0.4) is 0 Å².